The van der Waals surface area contributed by atoms with E-state index in [1.807, 2.05) is 0 Å². The molecule has 3 aliphatic rings. The van der Waals surface area contributed by atoms with Crippen molar-refractivity contribution in [3.8, 4) is 5.75 Å². The zero-order valence-electron chi connectivity index (χ0n) is 20.4. The highest BCUT2D eigenvalue weighted by molar-refractivity contribution is 5.40. The Morgan fingerprint density at radius 3 is 2.62 bits per heavy atom. The number of ether oxygens (including phenoxy) is 1. The van der Waals surface area contributed by atoms with Crippen molar-refractivity contribution in [3.05, 3.63) is 39.5 Å². The van der Waals surface area contributed by atoms with Crippen LogP contribution in [0, 0.1) is 42.4 Å². The lowest BCUT2D eigenvalue weighted by molar-refractivity contribution is -0.113. The van der Waals surface area contributed by atoms with Crippen LogP contribution in [-0.2, 0) is 11.2 Å². The minimum atomic E-state index is -0.425. The zero-order valence-corrected chi connectivity index (χ0v) is 20.4. The van der Waals surface area contributed by atoms with Gasteiger partial charge in [0.2, 0.25) is 0 Å². The van der Waals surface area contributed by atoms with E-state index in [1.165, 1.54) is 5.57 Å². The predicted molar refractivity (Wildman–Crippen MR) is 125 cm³/mol. The highest BCUT2D eigenvalue weighted by Crippen LogP contribution is 2.65. The first-order valence-electron chi connectivity index (χ1n) is 12.3. The topological polar surface area (TPSA) is 79.9 Å². The number of rotatable bonds is 5. The van der Waals surface area contributed by atoms with Crippen molar-refractivity contribution in [2.24, 2.45) is 28.6 Å². The van der Waals surface area contributed by atoms with Crippen LogP contribution in [0.1, 0.15) is 76.2 Å². The molecule has 32 heavy (non-hydrogen) atoms. The summed E-state index contributed by atoms with van der Waals surface area (Å²) in [5.74, 6) is 1.41. The first-order chi connectivity index (χ1) is 15.0. The van der Waals surface area contributed by atoms with E-state index in [4.69, 9.17) is 9.15 Å². The predicted octanol–water partition coefficient (Wildman–Crippen LogP) is 5.07. The lowest BCUT2D eigenvalue weighted by atomic mass is 9.45. The largest absolute Gasteiger partial charge is 0.507 e. The Kier molecular flexibility index (Phi) is 6.13. The van der Waals surface area contributed by atoms with Gasteiger partial charge < -0.3 is 19.4 Å². The van der Waals surface area contributed by atoms with Gasteiger partial charge in [-0.05, 0) is 87.4 Å². The van der Waals surface area contributed by atoms with Gasteiger partial charge in [-0.2, -0.15) is 0 Å². The first-order valence-corrected chi connectivity index (χ1v) is 12.3. The first kappa shape index (κ1) is 23.6. The smallest absolute Gasteiger partial charge is 0.342 e. The molecule has 0 bridgehead atoms. The second-order valence-electron chi connectivity index (χ2n) is 11.4. The summed E-state index contributed by atoms with van der Waals surface area (Å²) < 4.78 is 12.0. The molecule has 0 aromatic carbocycles. The molecule has 5 heteroatoms. The average Bonchev–Trinajstić information content (AvgIpc) is 3.06. The molecule has 0 amide bonds. The van der Waals surface area contributed by atoms with Gasteiger partial charge in [-0.15, -0.1) is 0 Å². The molecule has 2 aliphatic carbocycles. The van der Waals surface area contributed by atoms with E-state index in [-0.39, 0.29) is 47.2 Å². The number of aryl methyl sites for hydroxylation is 1. The molecule has 0 radical (unpaired) electrons. The maximum atomic E-state index is 12.7. The van der Waals surface area contributed by atoms with Crippen molar-refractivity contribution in [1.82, 2.24) is 0 Å². The van der Waals surface area contributed by atoms with Gasteiger partial charge in [-0.3, -0.25) is 0 Å². The standard InChI is InChI=1S/C27H40O5/c1-15(14-28)11-19-13-27(6)22-8-7-16(2)21(26(22,5)10-9-23(27)32-19)12-20-24(29)17(3)18(4)31-25(20)30/h15,19,21-23,28-29H,2,7-14H2,1,3-6H3/t15?,19-,21+,22+,23-,26+,27-/m0/s1. The second kappa shape index (κ2) is 8.32. The van der Waals surface area contributed by atoms with E-state index < -0.39 is 5.63 Å². The maximum absolute atomic E-state index is 12.7. The molecule has 0 spiro atoms. The molecule has 1 aliphatic heterocycles. The molecule has 2 heterocycles. The van der Waals surface area contributed by atoms with Gasteiger partial charge in [0.15, 0.2) is 0 Å². The monoisotopic (exact) mass is 444 g/mol. The molecule has 3 fully saturated rings. The van der Waals surface area contributed by atoms with Gasteiger partial charge in [0.05, 0.1) is 17.8 Å². The van der Waals surface area contributed by atoms with Gasteiger partial charge in [-0.1, -0.05) is 32.9 Å². The van der Waals surface area contributed by atoms with Gasteiger partial charge in [-0.25, -0.2) is 4.79 Å². The Morgan fingerprint density at radius 1 is 1.22 bits per heavy atom. The summed E-state index contributed by atoms with van der Waals surface area (Å²) >= 11 is 0. The fourth-order valence-corrected chi connectivity index (χ4v) is 7.43. The summed E-state index contributed by atoms with van der Waals surface area (Å²) in [6, 6.07) is 0. The highest BCUT2D eigenvalue weighted by atomic mass is 16.5. The normalized spacial score (nSPS) is 37.8. The fourth-order valence-electron chi connectivity index (χ4n) is 7.43. The summed E-state index contributed by atoms with van der Waals surface area (Å²) in [5, 5.41) is 20.3. The molecular formula is C27H40O5. The molecule has 1 aromatic heterocycles. The molecule has 2 N–H and O–H groups in total. The lowest BCUT2D eigenvalue weighted by Gasteiger charge is -2.59. The Hall–Kier alpha value is -1.59. The number of aliphatic hydroxyl groups excluding tert-OH is 1. The van der Waals surface area contributed by atoms with Crippen LogP contribution in [0.3, 0.4) is 0 Å². The Bertz CT molecular complexity index is 948. The van der Waals surface area contributed by atoms with Crippen LogP contribution in [0.25, 0.3) is 0 Å². The van der Waals surface area contributed by atoms with Gasteiger partial charge in [0.1, 0.15) is 11.5 Å². The SMILES string of the molecule is C=C1CC[C@H]2[C@]3(C)C[C@H](CC(C)CO)O[C@H]3CC[C@]2(C)[C@@H]1Cc1c(O)c(C)c(C)oc1=O. The summed E-state index contributed by atoms with van der Waals surface area (Å²) in [4.78, 5) is 12.7. The number of hydrogen-bond donors (Lipinski definition) is 2. The summed E-state index contributed by atoms with van der Waals surface area (Å²) in [5.41, 5.74) is 1.88. The van der Waals surface area contributed by atoms with Crippen LogP contribution in [-0.4, -0.2) is 29.0 Å². The molecular weight excluding hydrogens is 404 g/mol. The Morgan fingerprint density at radius 2 is 1.94 bits per heavy atom. The van der Waals surface area contributed by atoms with Crippen LogP contribution in [0.4, 0.5) is 0 Å². The van der Waals surface area contributed by atoms with Gasteiger partial charge in [0.25, 0.3) is 0 Å². The molecule has 2 saturated carbocycles. The van der Waals surface area contributed by atoms with E-state index in [0.717, 1.165) is 38.5 Å². The summed E-state index contributed by atoms with van der Waals surface area (Å²) in [6.45, 7) is 15.0. The third-order valence-corrected chi connectivity index (χ3v) is 9.39. The number of aromatic hydroxyl groups is 1. The van der Waals surface area contributed by atoms with E-state index in [1.54, 1.807) is 13.8 Å². The molecule has 1 saturated heterocycles. The van der Waals surface area contributed by atoms with Crippen molar-refractivity contribution < 1.29 is 19.4 Å². The molecule has 1 aromatic rings. The summed E-state index contributed by atoms with van der Waals surface area (Å²) in [6.07, 6.45) is 6.94. The minimum Gasteiger partial charge on any atom is -0.507 e. The van der Waals surface area contributed by atoms with Crippen LogP contribution < -0.4 is 5.63 Å². The third kappa shape index (κ3) is 3.66. The van der Waals surface area contributed by atoms with Crippen LogP contribution in [0.5, 0.6) is 5.75 Å². The van der Waals surface area contributed by atoms with Gasteiger partial charge in [0, 0.05) is 12.2 Å². The average molecular weight is 445 g/mol. The maximum Gasteiger partial charge on any atom is 0.342 e. The lowest BCUT2D eigenvalue weighted by Crippen LogP contribution is -2.54. The van der Waals surface area contributed by atoms with Crippen LogP contribution in [0.2, 0.25) is 0 Å². The second-order valence-corrected chi connectivity index (χ2v) is 11.4. The highest BCUT2D eigenvalue weighted by Gasteiger charge is 2.61. The Balaban J connectivity index is 1.65. The zero-order chi connectivity index (χ0) is 23.4. The number of hydrogen-bond acceptors (Lipinski definition) is 5. The fraction of sp³-hybridized carbons (Fsp3) is 0.741. The number of aliphatic hydroxyl groups is 1. The quantitative estimate of drug-likeness (QED) is 0.620. The van der Waals surface area contributed by atoms with Crippen molar-refractivity contribution in [2.75, 3.05) is 6.61 Å². The minimum absolute atomic E-state index is 0.000894. The van der Waals surface area contributed by atoms with Crippen LogP contribution >= 0.6 is 0 Å². The van der Waals surface area contributed by atoms with Crippen molar-refractivity contribution in [2.45, 2.75) is 91.8 Å². The molecule has 5 nitrogen and oxygen atoms in total. The summed E-state index contributed by atoms with van der Waals surface area (Å²) in [7, 11) is 0. The molecule has 1 unspecified atom stereocenters. The third-order valence-electron chi connectivity index (χ3n) is 9.39. The Labute approximate surface area is 191 Å². The number of allylic oxidation sites excluding steroid dienone is 1. The molecule has 178 valence electrons. The van der Waals surface area contributed by atoms with E-state index in [9.17, 15) is 15.0 Å². The van der Waals surface area contributed by atoms with Crippen molar-refractivity contribution in [3.63, 3.8) is 0 Å². The van der Waals surface area contributed by atoms with E-state index in [0.29, 0.717) is 29.2 Å². The van der Waals surface area contributed by atoms with Crippen molar-refractivity contribution in [1.29, 1.82) is 0 Å². The number of fused-ring (bicyclic) bond motifs is 3. The molecule has 4 rings (SSSR count). The van der Waals surface area contributed by atoms with E-state index in [2.05, 4.69) is 27.4 Å². The molecule has 7 atom stereocenters. The van der Waals surface area contributed by atoms with Crippen molar-refractivity contribution >= 4 is 0 Å². The van der Waals surface area contributed by atoms with E-state index >= 15 is 0 Å². The van der Waals surface area contributed by atoms with Crippen LogP contribution in [0.15, 0.2) is 21.4 Å². The van der Waals surface area contributed by atoms with Gasteiger partial charge >= 0.3 is 5.63 Å².